The maximum absolute atomic E-state index is 12.0. The van der Waals surface area contributed by atoms with E-state index in [0.29, 0.717) is 31.1 Å². The predicted molar refractivity (Wildman–Crippen MR) is 110 cm³/mol. The highest BCUT2D eigenvalue weighted by molar-refractivity contribution is 6.30. The van der Waals surface area contributed by atoms with Crippen LogP contribution in [-0.4, -0.2) is 27.2 Å². The molecule has 7 heteroatoms. The Labute approximate surface area is 169 Å². The molecule has 28 heavy (non-hydrogen) atoms. The Kier molecular flexibility index (Phi) is 6.79. The summed E-state index contributed by atoms with van der Waals surface area (Å²) in [6.45, 7) is 5.81. The zero-order chi connectivity index (χ0) is 19.9. The summed E-state index contributed by atoms with van der Waals surface area (Å²) in [5, 5.41) is 11.6. The van der Waals surface area contributed by atoms with Crippen LogP contribution in [0.1, 0.15) is 28.9 Å². The molecule has 0 saturated heterocycles. The number of hydrogen-bond acceptors (Lipinski definition) is 4. The summed E-state index contributed by atoms with van der Waals surface area (Å²) in [6, 6.07) is 11.4. The van der Waals surface area contributed by atoms with E-state index in [2.05, 4.69) is 20.7 Å². The van der Waals surface area contributed by atoms with Gasteiger partial charge in [-0.3, -0.25) is 9.78 Å². The number of amides is 1. The smallest absolute Gasteiger partial charge is 0.221 e. The van der Waals surface area contributed by atoms with Gasteiger partial charge >= 0.3 is 0 Å². The summed E-state index contributed by atoms with van der Waals surface area (Å²) in [4.78, 5) is 16.0. The molecular weight excluding hydrogens is 374 g/mol. The molecule has 1 amide bonds. The highest BCUT2D eigenvalue weighted by atomic mass is 35.5. The van der Waals surface area contributed by atoms with Crippen LogP contribution in [0.15, 0.2) is 48.8 Å². The third kappa shape index (κ3) is 5.18. The highest BCUT2D eigenvalue weighted by Crippen LogP contribution is 2.19. The minimum atomic E-state index is 0.0154. The van der Waals surface area contributed by atoms with E-state index in [0.717, 1.165) is 28.2 Å². The van der Waals surface area contributed by atoms with E-state index in [1.54, 1.807) is 12.4 Å². The standard InChI is InChI=1S/C21H24ClN5O/c1-15-20(16(2)27(26-15)19-7-5-18(22)6-8-19)14-24-11-9-21(28)25-13-17-4-3-10-23-12-17/h3-8,10,12,24H,9,11,13-14H2,1-2H3,(H,25,28). The fourth-order valence-electron chi connectivity index (χ4n) is 2.97. The average molecular weight is 398 g/mol. The summed E-state index contributed by atoms with van der Waals surface area (Å²) < 4.78 is 1.92. The molecular formula is C21H24ClN5O. The van der Waals surface area contributed by atoms with Crippen LogP contribution in [0, 0.1) is 13.8 Å². The molecule has 3 aromatic rings. The molecule has 0 saturated carbocycles. The maximum Gasteiger partial charge on any atom is 0.221 e. The van der Waals surface area contributed by atoms with Crippen LogP contribution in [0.2, 0.25) is 5.02 Å². The number of benzene rings is 1. The molecule has 0 radical (unpaired) electrons. The molecule has 0 aliphatic carbocycles. The second kappa shape index (κ2) is 9.48. The highest BCUT2D eigenvalue weighted by Gasteiger charge is 2.12. The van der Waals surface area contributed by atoms with Gasteiger partial charge in [0.15, 0.2) is 0 Å². The predicted octanol–water partition coefficient (Wildman–Crippen LogP) is 3.33. The lowest BCUT2D eigenvalue weighted by molar-refractivity contribution is -0.121. The molecule has 6 nitrogen and oxygen atoms in total. The van der Waals surface area contributed by atoms with Gasteiger partial charge in [-0.1, -0.05) is 17.7 Å². The van der Waals surface area contributed by atoms with Gasteiger partial charge in [0.05, 0.1) is 11.4 Å². The minimum absolute atomic E-state index is 0.0154. The van der Waals surface area contributed by atoms with Crippen molar-refractivity contribution in [2.24, 2.45) is 0 Å². The largest absolute Gasteiger partial charge is 0.352 e. The van der Waals surface area contributed by atoms with Crippen molar-refractivity contribution in [3.05, 3.63) is 76.3 Å². The number of pyridine rings is 1. The average Bonchev–Trinajstić information content (AvgIpc) is 2.99. The van der Waals surface area contributed by atoms with Gasteiger partial charge in [0, 0.05) is 54.7 Å². The fourth-order valence-corrected chi connectivity index (χ4v) is 3.10. The van der Waals surface area contributed by atoms with Crippen LogP contribution < -0.4 is 10.6 Å². The number of aryl methyl sites for hydroxylation is 1. The maximum atomic E-state index is 12.0. The van der Waals surface area contributed by atoms with Crippen LogP contribution in [0.3, 0.4) is 0 Å². The normalized spacial score (nSPS) is 10.8. The van der Waals surface area contributed by atoms with Crippen LogP contribution in [0.25, 0.3) is 5.69 Å². The minimum Gasteiger partial charge on any atom is -0.352 e. The van der Waals surface area contributed by atoms with Crippen LogP contribution in [-0.2, 0) is 17.9 Å². The van der Waals surface area contributed by atoms with E-state index in [1.165, 1.54) is 0 Å². The first kappa shape index (κ1) is 20.0. The molecule has 0 aliphatic heterocycles. The quantitative estimate of drug-likeness (QED) is 0.572. The lowest BCUT2D eigenvalue weighted by Crippen LogP contribution is -2.27. The first-order valence-electron chi connectivity index (χ1n) is 9.22. The van der Waals surface area contributed by atoms with Crippen LogP contribution >= 0.6 is 11.6 Å². The van der Waals surface area contributed by atoms with Gasteiger partial charge in [-0.15, -0.1) is 0 Å². The number of carbonyl (C=O) groups excluding carboxylic acids is 1. The third-order valence-electron chi connectivity index (χ3n) is 4.56. The summed E-state index contributed by atoms with van der Waals surface area (Å²) >= 11 is 5.97. The molecule has 0 unspecified atom stereocenters. The summed E-state index contributed by atoms with van der Waals surface area (Å²) in [6.07, 6.45) is 3.89. The van der Waals surface area contributed by atoms with Gasteiger partial charge < -0.3 is 10.6 Å². The van der Waals surface area contributed by atoms with Gasteiger partial charge in [-0.25, -0.2) is 4.68 Å². The Balaban J connectivity index is 1.48. The van der Waals surface area contributed by atoms with Gasteiger partial charge in [-0.05, 0) is 49.7 Å². The van der Waals surface area contributed by atoms with Crippen molar-refractivity contribution >= 4 is 17.5 Å². The number of nitrogens with one attached hydrogen (secondary N) is 2. The second-order valence-electron chi connectivity index (χ2n) is 6.60. The zero-order valence-electron chi connectivity index (χ0n) is 16.1. The zero-order valence-corrected chi connectivity index (χ0v) is 16.8. The van der Waals surface area contributed by atoms with Crippen LogP contribution in [0.4, 0.5) is 0 Å². The number of aromatic nitrogens is 3. The fraction of sp³-hybridized carbons (Fsp3) is 0.286. The molecule has 2 N–H and O–H groups in total. The molecule has 3 rings (SSSR count). The molecule has 0 fully saturated rings. The van der Waals surface area contributed by atoms with Crippen molar-refractivity contribution in [2.45, 2.75) is 33.4 Å². The van der Waals surface area contributed by atoms with Crippen molar-refractivity contribution < 1.29 is 4.79 Å². The number of carbonyl (C=O) groups is 1. The molecule has 1 aromatic carbocycles. The van der Waals surface area contributed by atoms with E-state index >= 15 is 0 Å². The molecule has 2 heterocycles. The SMILES string of the molecule is Cc1nn(-c2ccc(Cl)cc2)c(C)c1CNCCC(=O)NCc1cccnc1. The number of rotatable bonds is 8. The molecule has 0 atom stereocenters. The monoisotopic (exact) mass is 397 g/mol. The van der Waals surface area contributed by atoms with Gasteiger partial charge in [0.25, 0.3) is 0 Å². The van der Waals surface area contributed by atoms with Gasteiger partial charge in [0.1, 0.15) is 0 Å². The van der Waals surface area contributed by atoms with Crippen LogP contribution in [0.5, 0.6) is 0 Å². The molecule has 146 valence electrons. The number of halogens is 1. The van der Waals surface area contributed by atoms with Gasteiger partial charge in [0.2, 0.25) is 5.91 Å². The Morgan fingerprint density at radius 2 is 1.93 bits per heavy atom. The van der Waals surface area contributed by atoms with Crippen molar-refractivity contribution in [3.63, 3.8) is 0 Å². The lowest BCUT2D eigenvalue weighted by Gasteiger charge is -2.08. The first-order valence-corrected chi connectivity index (χ1v) is 9.59. The summed E-state index contributed by atoms with van der Waals surface area (Å²) in [7, 11) is 0. The van der Waals surface area contributed by atoms with E-state index in [1.807, 2.05) is 54.9 Å². The molecule has 0 bridgehead atoms. The molecule has 0 spiro atoms. The number of hydrogen-bond donors (Lipinski definition) is 2. The first-order chi connectivity index (χ1) is 13.5. The number of nitrogens with zero attached hydrogens (tertiary/aromatic N) is 3. The Bertz CT molecular complexity index is 922. The van der Waals surface area contributed by atoms with Crippen molar-refractivity contribution in [1.82, 2.24) is 25.4 Å². The van der Waals surface area contributed by atoms with E-state index in [4.69, 9.17) is 11.6 Å². The summed E-state index contributed by atoms with van der Waals surface area (Å²) in [5.41, 5.74) is 5.16. The topological polar surface area (TPSA) is 71.8 Å². The lowest BCUT2D eigenvalue weighted by atomic mass is 10.2. The van der Waals surface area contributed by atoms with E-state index < -0.39 is 0 Å². The third-order valence-corrected chi connectivity index (χ3v) is 4.81. The Hall–Kier alpha value is -2.70. The Morgan fingerprint density at radius 3 is 2.64 bits per heavy atom. The Morgan fingerprint density at radius 1 is 1.14 bits per heavy atom. The molecule has 0 aliphatic rings. The van der Waals surface area contributed by atoms with Crippen molar-refractivity contribution in [2.75, 3.05) is 6.54 Å². The molecule has 2 aromatic heterocycles. The van der Waals surface area contributed by atoms with Gasteiger partial charge in [-0.2, -0.15) is 5.10 Å². The van der Waals surface area contributed by atoms with E-state index in [-0.39, 0.29) is 5.91 Å². The second-order valence-corrected chi connectivity index (χ2v) is 7.04. The van der Waals surface area contributed by atoms with E-state index in [9.17, 15) is 4.79 Å². The summed E-state index contributed by atoms with van der Waals surface area (Å²) in [5.74, 6) is 0.0154. The van der Waals surface area contributed by atoms with Crippen molar-refractivity contribution in [1.29, 1.82) is 0 Å². The van der Waals surface area contributed by atoms with Crippen molar-refractivity contribution in [3.8, 4) is 5.69 Å².